The van der Waals surface area contributed by atoms with Gasteiger partial charge < -0.3 is 10.4 Å². The third kappa shape index (κ3) is 3.87. The predicted octanol–water partition coefficient (Wildman–Crippen LogP) is 1.77. The van der Waals surface area contributed by atoms with Crippen LogP contribution in [0.1, 0.15) is 41.0 Å². The molecule has 0 spiro atoms. The number of aliphatic carboxylic acids is 1. The lowest BCUT2D eigenvalue weighted by atomic mass is 10.0. The summed E-state index contributed by atoms with van der Waals surface area (Å²) >= 11 is 0. The summed E-state index contributed by atoms with van der Waals surface area (Å²) in [5, 5.41) is 17.8. The number of amides is 1. The van der Waals surface area contributed by atoms with Crippen molar-refractivity contribution in [2.45, 2.75) is 33.1 Å². The van der Waals surface area contributed by atoms with Crippen molar-refractivity contribution < 1.29 is 14.7 Å². The van der Waals surface area contributed by atoms with E-state index in [9.17, 15) is 14.4 Å². The number of nitrogens with zero attached hydrogens (tertiary/aromatic N) is 1. The van der Waals surface area contributed by atoms with E-state index in [-0.39, 0.29) is 12.0 Å². The molecule has 1 heterocycles. The maximum Gasteiger partial charge on any atom is 0.307 e. The lowest BCUT2D eigenvalue weighted by Gasteiger charge is -2.11. The van der Waals surface area contributed by atoms with Crippen molar-refractivity contribution in [3.8, 4) is 0 Å². The highest BCUT2D eigenvalue weighted by molar-refractivity contribution is 6.05. The molecule has 1 aromatic carbocycles. The number of carbonyl (C=O) groups is 2. The number of carboxylic acid groups (broad SMARTS) is 1. The summed E-state index contributed by atoms with van der Waals surface area (Å²) in [6, 6.07) is 6.54. The molecule has 7 nitrogen and oxygen atoms in total. The molecule has 0 radical (unpaired) electrons. The van der Waals surface area contributed by atoms with Crippen LogP contribution in [-0.2, 0) is 24.1 Å². The van der Waals surface area contributed by atoms with Gasteiger partial charge in [-0.15, -0.1) is 0 Å². The Morgan fingerprint density at radius 3 is 2.62 bits per heavy atom. The standard InChI is InChI=1S/C17H19N3O4/c1-3-12-13(4-2)19-20-17(24)15(12)16(23)18-11-7-5-6-10(8-11)9-14(21)22/h5-8H,3-4,9H2,1-2H3,(H,18,23)(H,20,24)(H,21,22). The number of hydrogen-bond acceptors (Lipinski definition) is 4. The van der Waals surface area contributed by atoms with Crippen LogP contribution in [0, 0.1) is 0 Å². The molecule has 126 valence electrons. The van der Waals surface area contributed by atoms with Gasteiger partial charge in [-0.1, -0.05) is 26.0 Å². The van der Waals surface area contributed by atoms with E-state index in [1.54, 1.807) is 24.3 Å². The first kappa shape index (κ1) is 17.4. The Kier molecular flexibility index (Phi) is 5.47. The summed E-state index contributed by atoms with van der Waals surface area (Å²) in [5.41, 5.74) is 1.82. The van der Waals surface area contributed by atoms with Crippen molar-refractivity contribution in [2.24, 2.45) is 0 Å². The second-order valence-corrected chi connectivity index (χ2v) is 5.29. The first-order chi connectivity index (χ1) is 11.5. The molecule has 0 atom stereocenters. The molecule has 0 bridgehead atoms. The quantitative estimate of drug-likeness (QED) is 0.748. The van der Waals surface area contributed by atoms with E-state index in [1.807, 2.05) is 13.8 Å². The van der Waals surface area contributed by atoms with Gasteiger partial charge in [0.05, 0.1) is 12.1 Å². The van der Waals surface area contributed by atoms with Crippen LogP contribution in [0.15, 0.2) is 29.1 Å². The number of aromatic nitrogens is 2. The van der Waals surface area contributed by atoms with E-state index < -0.39 is 17.4 Å². The largest absolute Gasteiger partial charge is 0.481 e. The lowest BCUT2D eigenvalue weighted by molar-refractivity contribution is -0.136. The molecule has 3 N–H and O–H groups in total. The van der Waals surface area contributed by atoms with E-state index >= 15 is 0 Å². The van der Waals surface area contributed by atoms with Gasteiger partial charge in [0.1, 0.15) is 5.56 Å². The van der Waals surface area contributed by atoms with Gasteiger partial charge in [0.25, 0.3) is 11.5 Å². The highest BCUT2D eigenvalue weighted by Crippen LogP contribution is 2.15. The minimum absolute atomic E-state index is 0.0491. The molecule has 1 amide bonds. The fourth-order valence-electron chi connectivity index (χ4n) is 2.56. The number of nitrogens with one attached hydrogen (secondary N) is 2. The van der Waals surface area contributed by atoms with Crippen LogP contribution in [-0.4, -0.2) is 27.2 Å². The van der Waals surface area contributed by atoms with Crippen LogP contribution in [0.3, 0.4) is 0 Å². The van der Waals surface area contributed by atoms with E-state index in [0.29, 0.717) is 35.3 Å². The van der Waals surface area contributed by atoms with Crippen LogP contribution < -0.4 is 10.9 Å². The van der Waals surface area contributed by atoms with E-state index in [0.717, 1.165) is 0 Å². The molecular weight excluding hydrogens is 310 g/mol. The fourth-order valence-corrected chi connectivity index (χ4v) is 2.56. The normalized spacial score (nSPS) is 10.4. The van der Waals surface area contributed by atoms with Gasteiger partial charge in [0, 0.05) is 5.69 Å². The monoisotopic (exact) mass is 329 g/mol. The Labute approximate surface area is 138 Å². The third-order valence-corrected chi connectivity index (χ3v) is 3.63. The molecule has 1 aromatic heterocycles. The predicted molar refractivity (Wildman–Crippen MR) is 89.3 cm³/mol. The smallest absolute Gasteiger partial charge is 0.307 e. The summed E-state index contributed by atoms with van der Waals surface area (Å²) in [7, 11) is 0. The third-order valence-electron chi connectivity index (χ3n) is 3.63. The van der Waals surface area contributed by atoms with Gasteiger partial charge in [0.2, 0.25) is 0 Å². The fraction of sp³-hybridized carbons (Fsp3) is 0.294. The summed E-state index contributed by atoms with van der Waals surface area (Å²) in [6.45, 7) is 3.76. The highest BCUT2D eigenvalue weighted by atomic mass is 16.4. The summed E-state index contributed by atoms with van der Waals surface area (Å²) in [5.74, 6) is -1.48. The number of aromatic amines is 1. The second-order valence-electron chi connectivity index (χ2n) is 5.29. The number of H-pyrrole nitrogens is 1. The molecule has 0 aliphatic rings. The van der Waals surface area contributed by atoms with Gasteiger partial charge in [-0.3, -0.25) is 14.4 Å². The molecule has 2 aromatic rings. The van der Waals surface area contributed by atoms with Crippen molar-refractivity contribution >= 4 is 17.6 Å². The molecule has 0 fully saturated rings. The van der Waals surface area contributed by atoms with Crippen molar-refractivity contribution in [1.29, 1.82) is 0 Å². The average molecular weight is 329 g/mol. The van der Waals surface area contributed by atoms with Crippen LogP contribution in [0.2, 0.25) is 0 Å². The number of anilines is 1. The number of aryl methyl sites for hydroxylation is 1. The van der Waals surface area contributed by atoms with Gasteiger partial charge in [-0.25, -0.2) is 5.10 Å². The molecule has 2 rings (SSSR count). The molecular formula is C17H19N3O4. The zero-order chi connectivity index (χ0) is 17.7. The Hall–Kier alpha value is -2.96. The number of rotatable bonds is 6. The molecule has 0 aliphatic heterocycles. The van der Waals surface area contributed by atoms with E-state index in [2.05, 4.69) is 15.5 Å². The zero-order valence-corrected chi connectivity index (χ0v) is 13.5. The first-order valence-corrected chi connectivity index (χ1v) is 7.68. The van der Waals surface area contributed by atoms with E-state index in [1.165, 1.54) is 0 Å². The summed E-state index contributed by atoms with van der Waals surface area (Å²) in [4.78, 5) is 35.4. The van der Waals surface area contributed by atoms with Crippen molar-refractivity contribution in [3.63, 3.8) is 0 Å². The number of benzene rings is 1. The second kappa shape index (κ2) is 7.54. The van der Waals surface area contributed by atoms with Gasteiger partial charge in [-0.2, -0.15) is 5.10 Å². The first-order valence-electron chi connectivity index (χ1n) is 7.68. The molecule has 24 heavy (non-hydrogen) atoms. The van der Waals surface area contributed by atoms with Crippen molar-refractivity contribution in [3.05, 3.63) is 57.0 Å². The maximum absolute atomic E-state index is 12.5. The summed E-state index contributed by atoms with van der Waals surface area (Å²) in [6.07, 6.45) is 0.982. The summed E-state index contributed by atoms with van der Waals surface area (Å²) < 4.78 is 0. The van der Waals surface area contributed by atoms with Gasteiger partial charge in [0.15, 0.2) is 0 Å². The Morgan fingerprint density at radius 2 is 2.00 bits per heavy atom. The van der Waals surface area contributed by atoms with Crippen molar-refractivity contribution in [2.75, 3.05) is 5.32 Å². The lowest BCUT2D eigenvalue weighted by Crippen LogP contribution is -2.27. The molecule has 0 aliphatic carbocycles. The highest BCUT2D eigenvalue weighted by Gasteiger charge is 2.19. The molecule has 7 heteroatoms. The van der Waals surface area contributed by atoms with Crippen LogP contribution in [0.5, 0.6) is 0 Å². The topological polar surface area (TPSA) is 112 Å². The Bertz CT molecular complexity index is 827. The van der Waals surface area contributed by atoms with Crippen LogP contribution in [0.4, 0.5) is 5.69 Å². The van der Waals surface area contributed by atoms with Gasteiger partial charge in [-0.05, 0) is 36.1 Å². The van der Waals surface area contributed by atoms with Gasteiger partial charge >= 0.3 is 5.97 Å². The number of carbonyl (C=O) groups excluding carboxylic acids is 1. The number of carboxylic acids is 1. The maximum atomic E-state index is 12.5. The zero-order valence-electron chi connectivity index (χ0n) is 13.5. The molecule has 0 saturated heterocycles. The number of hydrogen-bond donors (Lipinski definition) is 3. The van der Waals surface area contributed by atoms with E-state index in [4.69, 9.17) is 5.11 Å². The minimum Gasteiger partial charge on any atom is -0.481 e. The SMILES string of the molecule is CCc1n[nH]c(=O)c(C(=O)Nc2cccc(CC(=O)O)c2)c1CC. The Morgan fingerprint density at radius 1 is 1.25 bits per heavy atom. The van der Waals surface area contributed by atoms with Crippen LogP contribution in [0.25, 0.3) is 0 Å². The van der Waals surface area contributed by atoms with Crippen LogP contribution >= 0.6 is 0 Å². The molecule has 0 saturated carbocycles. The minimum atomic E-state index is -0.954. The van der Waals surface area contributed by atoms with Crippen molar-refractivity contribution in [1.82, 2.24) is 10.2 Å². The average Bonchev–Trinajstić information content (AvgIpc) is 2.53. The molecule has 0 unspecified atom stereocenters. The Balaban J connectivity index is 2.34.